The number of nitrogens with one attached hydrogen (secondary N) is 1. The van der Waals surface area contributed by atoms with Crippen LogP contribution in [-0.4, -0.2) is 38.1 Å². The lowest BCUT2D eigenvalue weighted by Gasteiger charge is -2.27. The molecule has 1 unspecified atom stereocenters. The van der Waals surface area contributed by atoms with Crippen LogP contribution < -0.4 is 9.80 Å². The van der Waals surface area contributed by atoms with Crippen molar-refractivity contribution in [1.29, 1.82) is 0 Å². The average molecular weight is 426 g/mol. The minimum atomic E-state index is -0.300. The van der Waals surface area contributed by atoms with E-state index in [1.54, 1.807) is 15.9 Å². The third-order valence-electron chi connectivity index (χ3n) is 6.61. The van der Waals surface area contributed by atoms with Crippen molar-refractivity contribution in [3.8, 4) is 0 Å². The molecule has 4 aromatic rings. The van der Waals surface area contributed by atoms with E-state index in [-0.39, 0.29) is 17.9 Å². The molecular formula is C24H22N6O2. The van der Waals surface area contributed by atoms with Crippen molar-refractivity contribution in [2.45, 2.75) is 25.8 Å². The van der Waals surface area contributed by atoms with E-state index in [4.69, 9.17) is 0 Å². The Labute approximate surface area is 184 Å². The largest absolute Gasteiger partial charge is 0.345 e. The van der Waals surface area contributed by atoms with E-state index in [0.29, 0.717) is 12.1 Å². The van der Waals surface area contributed by atoms with E-state index in [1.165, 1.54) is 0 Å². The molecule has 0 saturated carbocycles. The van der Waals surface area contributed by atoms with Gasteiger partial charge in [0.25, 0.3) is 5.91 Å². The van der Waals surface area contributed by atoms with Crippen LogP contribution in [-0.2, 0) is 11.8 Å². The number of rotatable bonds is 3. The van der Waals surface area contributed by atoms with Gasteiger partial charge >= 0.3 is 0 Å². The summed E-state index contributed by atoms with van der Waals surface area (Å²) in [6.45, 7) is 2.74. The molecule has 4 heterocycles. The second-order valence-electron chi connectivity index (χ2n) is 8.39. The number of benzene rings is 2. The average Bonchev–Trinajstić information content (AvgIpc) is 3.55. The molecule has 0 spiro atoms. The van der Waals surface area contributed by atoms with Crippen molar-refractivity contribution >= 4 is 34.2 Å². The first-order valence-corrected chi connectivity index (χ1v) is 10.7. The van der Waals surface area contributed by atoms with E-state index in [1.807, 2.05) is 61.3 Å². The summed E-state index contributed by atoms with van der Waals surface area (Å²) in [5, 5.41) is 4.52. The molecule has 1 fully saturated rings. The summed E-state index contributed by atoms with van der Waals surface area (Å²) in [4.78, 5) is 36.7. The van der Waals surface area contributed by atoms with Crippen molar-refractivity contribution in [3.05, 3.63) is 71.3 Å². The molecule has 2 aliphatic rings. The summed E-state index contributed by atoms with van der Waals surface area (Å²) in [6, 6.07) is 13.5. The van der Waals surface area contributed by atoms with Crippen LogP contribution >= 0.6 is 0 Å². The molecule has 2 aromatic heterocycles. The zero-order valence-electron chi connectivity index (χ0n) is 17.9. The van der Waals surface area contributed by atoms with E-state index in [9.17, 15) is 9.59 Å². The Balaban J connectivity index is 1.47. The number of hydrogen-bond donors (Lipinski definition) is 1. The van der Waals surface area contributed by atoms with Crippen molar-refractivity contribution in [2.24, 2.45) is 7.05 Å². The highest BCUT2D eigenvalue weighted by atomic mass is 16.2. The third-order valence-corrected chi connectivity index (χ3v) is 6.61. The Kier molecular flexibility index (Phi) is 3.98. The van der Waals surface area contributed by atoms with Gasteiger partial charge in [0, 0.05) is 42.6 Å². The fraction of sp³-hybridized carbons (Fsp3) is 0.250. The molecule has 160 valence electrons. The van der Waals surface area contributed by atoms with Crippen molar-refractivity contribution in [2.75, 3.05) is 16.3 Å². The highest BCUT2D eigenvalue weighted by Gasteiger charge is 2.43. The number of H-pyrrole nitrogens is 1. The number of aryl methyl sites for hydroxylation is 1. The van der Waals surface area contributed by atoms with Gasteiger partial charge in [-0.15, -0.1) is 0 Å². The fourth-order valence-electron chi connectivity index (χ4n) is 4.88. The molecule has 1 N–H and O–H groups in total. The molecule has 8 heteroatoms. The summed E-state index contributed by atoms with van der Waals surface area (Å²) in [5.74, 6) is 0.0375. The van der Waals surface area contributed by atoms with E-state index < -0.39 is 0 Å². The summed E-state index contributed by atoms with van der Waals surface area (Å²) < 4.78 is 1.76. The van der Waals surface area contributed by atoms with Gasteiger partial charge in [-0.05, 0) is 49.2 Å². The molecule has 2 aromatic carbocycles. The number of imidazole rings is 1. The van der Waals surface area contributed by atoms with Crippen LogP contribution in [0.15, 0.2) is 48.8 Å². The van der Waals surface area contributed by atoms with E-state index in [0.717, 1.165) is 52.2 Å². The number of nitrogens with zero attached hydrogens (tertiary/aromatic N) is 5. The molecule has 6 rings (SSSR count). The quantitative estimate of drug-likeness (QED) is 0.543. The predicted molar refractivity (Wildman–Crippen MR) is 121 cm³/mol. The molecule has 0 aliphatic carbocycles. The van der Waals surface area contributed by atoms with Crippen LogP contribution in [0.4, 0.5) is 11.4 Å². The van der Waals surface area contributed by atoms with Crippen LogP contribution in [0.2, 0.25) is 0 Å². The van der Waals surface area contributed by atoms with Gasteiger partial charge in [0.1, 0.15) is 0 Å². The van der Waals surface area contributed by atoms with Crippen LogP contribution in [0.3, 0.4) is 0 Å². The van der Waals surface area contributed by atoms with Gasteiger partial charge in [0.05, 0.1) is 23.4 Å². The van der Waals surface area contributed by atoms with Crippen LogP contribution in [0.1, 0.15) is 46.2 Å². The minimum absolute atomic E-state index is 0.123. The summed E-state index contributed by atoms with van der Waals surface area (Å²) >= 11 is 0. The Morgan fingerprint density at radius 3 is 2.59 bits per heavy atom. The lowest BCUT2D eigenvalue weighted by Crippen LogP contribution is -2.30. The predicted octanol–water partition coefficient (Wildman–Crippen LogP) is 3.48. The first-order valence-electron chi connectivity index (χ1n) is 10.7. The second-order valence-corrected chi connectivity index (χ2v) is 8.39. The highest BCUT2D eigenvalue weighted by Crippen LogP contribution is 2.43. The molecular weight excluding hydrogens is 404 g/mol. The lowest BCUT2D eigenvalue weighted by molar-refractivity contribution is -0.117. The van der Waals surface area contributed by atoms with Crippen LogP contribution in [0.25, 0.3) is 11.0 Å². The van der Waals surface area contributed by atoms with Gasteiger partial charge < -0.3 is 9.88 Å². The summed E-state index contributed by atoms with van der Waals surface area (Å²) in [5.41, 5.74) is 6.74. The molecule has 0 radical (unpaired) electrons. The summed E-state index contributed by atoms with van der Waals surface area (Å²) in [6.07, 6.45) is 3.14. The number of amides is 2. The summed E-state index contributed by atoms with van der Waals surface area (Å²) in [7, 11) is 1.86. The number of fused-ring (bicyclic) bond motifs is 2. The third kappa shape index (κ3) is 2.62. The maximum atomic E-state index is 13.5. The monoisotopic (exact) mass is 426 g/mol. The highest BCUT2D eigenvalue weighted by molar-refractivity contribution is 6.11. The Bertz CT molecular complexity index is 1380. The van der Waals surface area contributed by atoms with Crippen molar-refractivity contribution < 1.29 is 9.59 Å². The van der Waals surface area contributed by atoms with Gasteiger partial charge in [-0.2, -0.15) is 5.10 Å². The SMILES string of the molecule is Cc1c2c(nn1C)C(=O)N(c1ccc3[nH]cnc3c1)C2c1ccc(N2CCCC2=O)cc1. The molecule has 0 bridgehead atoms. The number of aromatic amines is 1. The van der Waals surface area contributed by atoms with Crippen LogP contribution in [0, 0.1) is 6.92 Å². The standard InChI is InChI=1S/C24H22N6O2/c1-14-21-22(27-28(14)2)24(32)30(17-9-10-18-19(12-17)26-13-25-18)23(21)15-5-7-16(8-6-15)29-11-3-4-20(29)31/h5-10,12-13,23H,3-4,11H2,1-2H3,(H,25,26). The van der Waals surface area contributed by atoms with Gasteiger partial charge in [0.15, 0.2) is 5.69 Å². The molecule has 32 heavy (non-hydrogen) atoms. The molecule has 2 amide bonds. The number of hydrogen-bond acceptors (Lipinski definition) is 4. The lowest BCUT2D eigenvalue weighted by atomic mass is 9.98. The number of anilines is 2. The van der Waals surface area contributed by atoms with Crippen LogP contribution in [0.5, 0.6) is 0 Å². The van der Waals surface area contributed by atoms with Crippen molar-refractivity contribution in [1.82, 2.24) is 19.7 Å². The van der Waals surface area contributed by atoms with E-state index in [2.05, 4.69) is 15.1 Å². The van der Waals surface area contributed by atoms with Gasteiger partial charge in [-0.1, -0.05) is 12.1 Å². The maximum Gasteiger partial charge on any atom is 0.280 e. The number of carbonyl (C=O) groups is 2. The Morgan fingerprint density at radius 2 is 1.84 bits per heavy atom. The molecule has 8 nitrogen and oxygen atoms in total. The van der Waals surface area contributed by atoms with Gasteiger partial charge in [-0.3, -0.25) is 19.2 Å². The molecule has 2 aliphatic heterocycles. The Morgan fingerprint density at radius 1 is 1.06 bits per heavy atom. The zero-order chi connectivity index (χ0) is 22.0. The first-order chi connectivity index (χ1) is 15.5. The van der Waals surface area contributed by atoms with Gasteiger partial charge in [-0.25, -0.2) is 4.98 Å². The number of aromatic nitrogens is 4. The van der Waals surface area contributed by atoms with E-state index >= 15 is 0 Å². The second kappa shape index (κ2) is 6.78. The zero-order valence-corrected chi connectivity index (χ0v) is 17.9. The normalized spacial score (nSPS) is 18.2. The molecule has 1 atom stereocenters. The maximum absolute atomic E-state index is 13.5. The fourth-order valence-corrected chi connectivity index (χ4v) is 4.88. The Hall–Kier alpha value is -3.94. The molecule has 1 saturated heterocycles. The number of carbonyl (C=O) groups excluding carboxylic acids is 2. The minimum Gasteiger partial charge on any atom is -0.345 e. The van der Waals surface area contributed by atoms with Gasteiger partial charge in [0.2, 0.25) is 5.91 Å². The smallest absolute Gasteiger partial charge is 0.280 e. The van der Waals surface area contributed by atoms with Crippen molar-refractivity contribution in [3.63, 3.8) is 0 Å². The topological polar surface area (TPSA) is 87.1 Å². The first kappa shape index (κ1) is 18.8.